The molecule has 0 spiro atoms. The summed E-state index contributed by atoms with van der Waals surface area (Å²) in [6, 6.07) is 1.99. The summed E-state index contributed by atoms with van der Waals surface area (Å²) in [7, 11) is 0. The third-order valence-electron chi connectivity index (χ3n) is 2.98. The smallest absolute Gasteiger partial charge is 0.223 e. The van der Waals surface area contributed by atoms with Crippen LogP contribution in [0.5, 0.6) is 0 Å². The van der Waals surface area contributed by atoms with Crippen molar-refractivity contribution in [3.05, 3.63) is 35.4 Å². The molecule has 0 N–H and O–H groups in total. The van der Waals surface area contributed by atoms with Crippen molar-refractivity contribution in [3.63, 3.8) is 0 Å². The molecule has 3 heterocycles. The van der Waals surface area contributed by atoms with Gasteiger partial charge in [0.05, 0.1) is 11.9 Å². The number of pyridine rings is 1. The van der Waals surface area contributed by atoms with Gasteiger partial charge in [0, 0.05) is 13.1 Å². The molecule has 0 aliphatic carbocycles. The average Bonchev–Trinajstić information content (AvgIpc) is 2.94. The van der Waals surface area contributed by atoms with Crippen LogP contribution in [-0.4, -0.2) is 24.7 Å². The second-order valence-corrected chi connectivity index (χ2v) is 5.41. The zero-order valence-corrected chi connectivity index (χ0v) is 12.2. The quantitative estimate of drug-likeness (QED) is 0.694. The maximum absolute atomic E-state index is 6.22. The summed E-state index contributed by atoms with van der Waals surface area (Å²) >= 11 is 6.22. The molecule has 0 aliphatic heterocycles. The number of rotatable bonds is 3. The minimum Gasteiger partial charge on any atom is -0.340 e. The maximum atomic E-state index is 6.22. The van der Waals surface area contributed by atoms with E-state index in [1.54, 1.807) is 6.92 Å². The van der Waals surface area contributed by atoms with Gasteiger partial charge in [-0.3, -0.25) is 0 Å². The Morgan fingerprint density at radius 1 is 1.35 bits per heavy atom. The highest BCUT2D eigenvalue weighted by molar-refractivity contribution is 6.20. The van der Waals surface area contributed by atoms with E-state index in [9.17, 15) is 0 Å². The lowest BCUT2D eigenvalue weighted by Crippen LogP contribution is -2.07. The van der Waals surface area contributed by atoms with Crippen LogP contribution in [0.3, 0.4) is 0 Å². The van der Waals surface area contributed by atoms with Crippen LogP contribution < -0.4 is 0 Å². The third-order valence-corrected chi connectivity index (χ3v) is 3.17. The van der Waals surface area contributed by atoms with Gasteiger partial charge in [0.15, 0.2) is 11.5 Å². The molecule has 7 heteroatoms. The van der Waals surface area contributed by atoms with Gasteiger partial charge in [-0.25, -0.2) is 9.97 Å². The van der Waals surface area contributed by atoms with Crippen LogP contribution in [0.15, 0.2) is 16.8 Å². The van der Waals surface area contributed by atoms with E-state index < -0.39 is 0 Å². The SMILES string of the molecule is Cc1cnc2c(c1)nc(C(C)Cl)n2Cc1noc(C)n1. The number of aromatic nitrogens is 5. The molecular weight excluding hydrogens is 278 g/mol. The summed E-state index contributed by atoms with van der Waals surface area (Å²) in [6.45, 7) is 6.07. The van der Waals surface area contributed by atoms with Crippen molar-refractivity contribution in [2.24, 2.45) is 0 Å². The largest absolute Gasteiger partial charge is 0.340 e. The molecule has 0 bridgehead atoms. The molecule has 0 aliphatic rings. The molecule has 0 aromatic carbocycles. The van der Waals surface area contributed by atoms with Gasteiger partial charge in [-0.2, -0.15) is 4.98 Å². The van der Waals surface area contributed by atoms with E-state index >= 15 is 0 Å². The minimum absolute atomic E-state index is 0.225. The molecule has 6 nitrogen and oxygen atoms in total. The van der Waals surface area contributed by atoms with Gasteiger partial charge in [0.25, 0.3) is 0 Å². The van der Waals surface area contributed by atoms with Crippen molar-refractivity contribution in [2.45, 2.75) is 32.7 Å². The van der Waals surface area contributed by atoms with Gasteiger partial charge < -0.3 is 9.09 Å². The summed E-state index contributed by atoms with van der Waals surface area (Å²) in [6.07, 6.45) is 1.81. The summed E-state index contributed by atoms with van der Waals surface area (Å²) in [5.41, 5.74) is 2.67. The number of nitrogens with zero attached hydrogens (tertiary/aromatic N) is 5. The number of alkyl halides is 1. The summed E-state index contributed by atoms with van der Waals surface area (Å²) in [5, 5.41) is 3.69. The van der Waals surface area contributed by atoms with Crippen molar-refractivity contribution in [2.75, 3.05) is 0 Å². The lowest BCUT2D eigenvalue weighted by atomic mass is 10.3. The van der Waals surface area contributed by atoms with Crippen LogP contribution in [0.4, 0.5) is 0 Å². The molecule has 3 aromatic heterocycles. The normalized spacial score (nSPS) is 13.0. The van der Waals surface area contributed by atoms with Gasteiger partial charge in [0.2, 0.25) is 5.89 Å². The second kappa shape index (κ2) is 4.86. The van der Waals surface area contributed by atoms with Crippen LogP contribution >= 0.6 is 11.6 Å². The highest BCUT2D eigenvalue weighted by Gasteiger charge is 2.17. The Labute approximate surface area is 120 Å². The molecule has 1 unspecified atom stereocenters. The molecule has 0 saturated carbocycles. The molecule has 0 fully saturated rings. The summed E-state index contributed by atoms with van der Waals surface area (Å²) in [4.78, 5) is 13.2. The van der Waals surface area contributed by atoms with E-state index in [1.165, 1.54) is 0 Å². The number of hydrogen-bond acceptors (Lipinski definition) is 5. The average molecular weight is 292 g/mol. The number of hydrogen-bond donors (Lipinski definition) is 0. The van der Waals surface area contributed by atoms with Gasteiger partial charge in [-0.15, -0.1) is 11.6 Å². The van der Waals surface area contributed by atoms with Crippen molar-refractivity contribution < 1.29 is 4.52 Å². The molecule has 3 aromatic rings. The Balaban J connectivity index is 2.13. The number of halogens is 1. The first-order valence-corrected chi connectivity index (χ1v) is 6.74. The van der Waals surface area contributed by atoms with Crippen LogP contribution in [0.2, 0.25) is 0 Å². The lowest BCUT2D eigenvalue weighted by molar-refractivity contribution is 0.386. The fourth-order valence-electron chi connectivity index (χ4n) is 2.14. The molecule has 20 heavy (non-hydrogen) atoms. The zero-order chi connectivity index (χ0) is 14.3. The van der Waals surface area contributed by atoms with E-state index in [2.05, 4.69) is 20.1 Å². The molecule has 0 amide bonds. The first-order chi connectivity index (χ1) is 9.54. The van der Waals surface area contributed by atoms with Gasteiger partial charge in [-0.1, -0.05) is 5.16 Å². The van der Waals surface area contributed by atoms with Crippen LogP contribution in [0.1, 0.15) is 35.4 Å². The lowest BCUT2D eigenvalue weighted by Gasteiger charge is -2.07. The van der Waals surface area contributed by atoms with Crippen LogP contribution in [0, 0.1) is 13.8 Å². The van der Waals surface area contributed by atoms with E-state index in [1.807, 2.05) is 30.7 Å². The van der Waals surface area contributed by atoms with Crippen molar-refractivity contribution in [1.29, 1.82) is 0 Å². The van der Waals surface area contributed by atoms with Crippen molar-refractivity contribution in [1.82, 2.24) is 24.7 Å². The van der Waals surface area contributed by atoms with Gasteiger partial charge in [-0.05, 0) is 25.5 Å². The number of fused-ring (bicyclic) bond motifs is 1. The van der Waals surface area contributed by atoms with E-state index in [4.69, 9.17) is 16.1 Å². The Morgan fingerprint density at radius 2 is 2.15 bits per heavy atom. The minimum atomic E-state index is -0.225. The molecule has 0 saturated heterocycles. The maximum Gasteiger partial charge on any atom is 0.223 e. The molecular formula is C13H14ClN5O. The van der Waals surface area contributed by atoms with E-state index in [0.29, 0.717) is 18.3 Å². The number of imidazole rings is 1. The molecule has 104 valence electrons. The highest BCUT2D eigenvalue weighted by atomic mass is 35.5. The van der Waals surface area contributed by atoms with Crippen LogP contribution in [-0.2, 0) is 6.54 Å². The fraction of sp³-hybridized carbons (Fsp3) is 0.385. The Morgan fingerprint density at radius 3 is 2.80 bits per heavy atom. The van der Waals surface area contributed by atoms with Crippen molar-refractivity contribution >= 4 is 22.8 Å². The molecule has 0 radical (unpaired) electrons. The van der Waals surface area contributed by atoms with Crippen LogP contribution in [0.25, 0.3) is 11.2 Å². The standard InChI is InChI=1S/C13H14ClN5O/c1-7-4-10-13(15-5-7)19(12(17-10)8(2)14)6-11-16-9(3)20-18-11/h4-5,8H,6H2,1-3H3. The first kappa shape index (κ1) is 13.1. The second-order valence-electron chi connectivity index (χ2n) is 4.76. The van der Waals surface area contributed by atoms with E-state index in [-0.39, 0.29) is 5.38 Å². The molecule has 1 atom stereocenters. The Kier molecular flexibility index (Phi) is 3.17. The predicted molar refractivity (Wildman–Crippen MR) is 74.7 cm³/mol. The van der Waals surface area contributed by atoms with E-state index in [0.717, 1.165) is 22.6 Å². The monoisotopic (exact) mass is 291 g/mol. The highest BCUT2D eigenvalue weighted by Crippen LogP contribution is 2.24. The Bertz CT molecular complexity index is 761. The van der Waals surface area contributed by atoms with Crippen molar-refractivity contribution in [3.8, 4) is 0 Å². The Hall–Kier alpha value is -1.95. The molecule has 3 rings (SSSR count). The fourth-order valence-corrected chi connectivity index (χ4v) is 2.30. The number of aryl methyl sites for hydroxylation is 2. The third kappa shape index (κ3) is 2.27. The predicted octanol–water partition coefficient (Wildman–Crippen LogP) is 2.78. The van der Waals surface area contributed by atoms with Gasteiger partial charge in [0.1, 0.15) is 11.3 Å². The summed E-state index contributed by atoms with van der Waals surface area (Å²) < 4.78 is 6.92. The topological polar surface area (TPSA) is 69.6 Å². The first-order valence-electron chi connectivity index (χ1n) is 6.30. The zero-order valence-electron chi connectivity index (χ0n) is 11.5. The van der Waals surface area contributed by atoms with Gasteiger partial charge >= 0.3 is 0 Å². The summed E-state index contributed by atoms with van der Waals surface area (Å²) in [5.74, 6) is 1.87.